The van der Waals surface area contributed by atoms with Crippen molar-refractivity contribution in [3.05, 3.63) is 119 Å². The first kappa shape index (κ1) is 27.1. The van der Waals surface area contributed by atoms with Crippen LogP contribution in [0.15, 0.2) is 97.2 Å². The smallest absolute Gasteiger partial charge is 0.338 e. The Hall–Kier alpha value is -4.91. The summed E-state index contributed by atoms with van der Waals surface area (Å²) in [4.78, 5) is 29.0. The number of allylic oxidation sites excluding steroid dienone is 1. The molecule has 0 aliphatic heterocycles. The van der Waals surface area contributed by atoms with Gasteiger partial charge in [-0.15, -0.1) is 0 Å². The Morgan fingerprint density at radius 3 is 2.21 bits per heavy atom. The van der Waals surface area contributed by atoms with E-state index in [0.29, 0.717) is 41.4 Å². The first-order chi connectivity index (χ1) is 19.0. The van der Waals surface area contributed by atoms with Crippen LogP contribution in [-0.4, -0.2) is 37.1 Å². The monoisotopic (exact) mass is 523 g/mol. The lowest BCUT2D eigenvalue weighted by Crippen LogP contribution is -2.09. The van der Waals surface area contributed by atoms with Gasteiger partial charge >= 0.3 is 5.97 Å². The second-order valence-corrected chi connectivity index (χ2v) is 8.63. The van der Waals surface area contributed by atoms with Gasteiger partial charge in [-0.05, 0) is 73.2 Å². The summed E-state index contributed by atoms with van der Waals surface area (Å²) >= 11 is 0. The molecule has 0 spiro atoms. The molecular formula is C32H29NO6. The summed E-state index contributed by atoms with van der Waals surface area (Å²) in [6.07, 6.45) is 5.36. The van der Waals surface area contributed by atoms with E-state index in [1.165, 1.54) is 17.8 Å². The molecule has 7 heteroatoms. The number of nitrogens with zero attached hydrogens (tertiary/aromatic N) is 1. The van der Waals surface area contributed by atoms with E-state index in [1.807, 2.05) is 31.2 Å². The van der Waals surface area contributed by atoms with Crippen molar-refractivity contribution in [3.63, 3.8) is 0 Å². The highest BCUT2D eigenvalue weighted by Crippen LogP contribution is 2.23. The van der Waals surface area contributed by atoms with Gasteiger partial charge in [0, 0.05) is 24.2 Å². The molecule has 0 unspecified atom stereocenters. The van der Waals surface area contributed by atoms with Crippen molar-refractivity contribution in [1.29, 1.82) is 0 Å². The molecule has 0 atom stereocenters. The van der Waals surface area contributed by atoms with Crippen molar-refractivity contribution >= 4 is 17.8 Å². The van der Waals surface area contributed by atoms with E-state index < -0.39 is 5.97 Å². The summed E-state index contributed by atoms with van der Waals surface area (Å²) in [5, 5.41) is 0. The van der Waals surface area contributed by atoms with Gasteiger partial charge in [0.15, 0.2) is 5.78 Å². The highest BCUT2D eigenvalue weighted by Gasteiger charge is 2.10. The van der Waals surface area contributed by atoms with Crippen LogP contribution in [0.4, 0.5) is 0 Å². The molecule has 0 N–H and O–H groups in total. The van der Waals surface area contributed by atoms with Gasteiger partial charge in [-0.3, -0.25) is 4.79 Å². The summed E-state index contributed by atoms with van der Waals surface area (Å²) in [7, 11) is 1.59. The minimum absolute atomic E-state index is 0.0808. The minimum Gasteiger partial charge on any atom is -0.497 e. The third kappa shape index (κ3) is 8.30. The van der Waals surface area contributed by atoms with E-state index in [-0.39, 0.29) is 18.3 Å². The highest BCUT2D eigenvalue weighted by atomic mass is 16.5. The fourth-order valence-electron chi connectivity index (χ4n) is 3.52. The van der Waals surface area contributed by atoms with Crippen LogP contribution in [0.25, 0.3) is 6.08 Å². The number of ketones is 1. The topological polar surface area (TPSA) is 84.0 Å². The molecule has 0 saturated carbocycles. The molecule has 198 valence electrons. The maximum Gasteiger partial charge on any atom is 0.338 e. The Balaban J connectivity index is 1.18. The summed E-state index contributed by atoms with van der Waals surface area (Å²) < 4.78 is 21.9. The van der Waals surface area contributed by atoms with Crippen LogP contribution in [0, 0.1) is 6.92 Å². The number of benzene rings is 3. The molecule has 0 bridgehead atoms. The van der Waals surface area contributed by atoms with E-state index in [4.69, 9.17) is 18.9 Å². The van der Waals surface area contributed by atoms with Crippen LogP contribution in [-0.2, 0) is 4.74 Å². The predicted octanol–water partition coefficient (Wildman–Crippen LogP) is 6.71. The molecule has 0 radical (unpaired) electrons. The van der Waals surface area contributed by atoms with E-state index in [9.17, 15) is 9.59 Å². The zero-order valence-electron chi connectivity index (χ0n) is 21.8. The fraction of sp³-hybridized carbons (Fsp3) is 0.156. The SMILES string of the molecule is COc1ccc(Oc2cc(C(=O)OCCCOc3ccc(C(=O)/C=C/c4ccc(C)cc4)cc3)ccn2)cc1. The summed E-state index contributed by atoms with van der Waals surface area (Å²) in [6, 6.07) is 25.1. The lowest BCUT2D eigenvalue weighted by molar-refractivity contribution is 0.0485. The molecule has 39 heavy (non-hydrogen) atoms. The van der Waals surface area contributed by atoms with Crippen LogP contribution >= 0.6 is 0 Å². The number of carbonyl (C=O) groups excluding carboxylic acids is 2. The summed E-state index contributed by atoms with van der Waals surface area (Å²) in [5.41, 5.74) is 3.06. The van der Waals surface area contributed by atoms with Gasteiger partial charge in [-0.2, -0.15) is 0 Å². The second-order valence-electron chi connectivity index (χ2n) is 8.63. The Kier molecular flexibility index (Phi) is 9.45. The van der Waals surface area contributed by atoms with Gasteiger partial charge in [0.1, 0.15) is 17.2 Å². The third-order valence-electron chi connectivity index (χ3n) is 5.69. The molecule has 0 aliphatic rings. The fourth-order valence-corrected chi connectivity index (χ4v) is 3.52. The Morgan fingerprint density at radius 2 is 1.49 bits per heavy atom. The molecule has 0 fully saturated rings. The van der Waals surface area contributed by atoms with Gasteiger partial charge < -0.3 is 18.9 Å². The second kappa shape index (κ2) is 13.6. The highest BCUT2D eigenvalue weighted by molar-refractivity contribution is 6.06. The average molecular weight is 524 g/mol. The number of rotatable bonds is 12. The van der Waals surface area contributed by atoms with Gasteiger partial charge in [0.05, 0.1) is 25.9 Å². The van der Waals surface area contributed by atoms with Crippen LogP contribution in [0.2, 0.25) is 0 Å². The minimum atomic E-state index is -0.474. The van der Waals surface area contributed by atoms with Crippen molar-refractivity contribution in [2.75, 3.05) is 20.3 Å². The molecule has 3 aromatic carbocycles. The molecular weight excluding hydrogens is 494 g/mol. The largest absolute Gasteiger partial charge is 0.497 e. The lowest BCUT2D eigenvalue weighted by Gasteiger charge is -2.09. The lowest BCUT2D eigenvalue weighted by atomic mass is 10.1. The predicted molar refractivity (Wildman–Crippen MR) is 149 cm³/mol. The third-order valence-corrected chi connectivity index (χ3v) is 5.69. The number of carbonyl (C=O) groups is 2. The number of hydrogen-bond acceptors (Lipinski definition) is 7. The molecule has 4 aromatic rings. The number of ether oxygens (including phenoxy) is 4. The van der Waals surface area contributed by atoms with E-state index in [0.717, 1.165) is 5.56 Å². The van der Waals surface area contributed by atoms with E-state index in [1.54, 1.807) is 73.9 Å². The number of esters is 1. The first-order valence-corrected chi connectivity index (χ1v) is 12.5. The maximum atomic E-state index is 12.4. The van der Waals surface area contributed by atoms with Crippen LogP contribution in [0.1, 0.15) is 38.3 Å². The number of aryl methyl sites for hydroxylation is 1. The normalized spacial score (nSPS) is 10.7. The van der Waals surface area contributed by atoms with E-state index >= 15 is 0 Å². The van der Waals surface area contributed by atoms with Gasteiger partial charge in [-0.25, -0.2) is 9.78 Å². The first-order valence-electron chi connectivity index (χ1n) is 12.5. The average Bonchev–Trinajstić information content (AvgIpc) is 2.97. The van der Waals surface area contributed by atoms with Gasteiger partial charge in [0.2, 0.25) is 5.88 Å². The molecule has 7 nitrogen and oxygen atoms in total. The molecule has 1 heterocycles. The number of aromatic nitrogens is 1. The number of hydrogen-bond donors (Lipinski definition) is 0. The quantitative estimate of drug-likeness (QED) is 0.0883. The van der Waals surface area contributed by atoms with Crippen LogP contribution < -0.4 is 14.2 Å². The van der Waals surface area contributed by atoms with Crippen molar-refractivity contribution < 1.29 is 28.5 Å². The zero-order valence-corrected chi connectivity index (χ0v) is 21.8. The molecule has 4 rings (SSSR count). The van der Waals surface area contributed by atoms with E-state index in [2.05, 4.69) is 4.98 Å². The molecule has 0 aliphatic carbocycles. The Labute approximate surface area is 227 Å². The van der Waals surface area contributed by atoms with Crippen LogP contribution in [0.3, 0.4) is 0 Å². The summed E-state index contributed by atoms with van der Waals surface area (Å²) in [6.45, 7) is 2.57. The number of pyridine rings is 1. The van der Waals surface area contributed by atoms with Crippen molar-refractivity contribution in [3.8, 4) is 23.1 Å². The maximum absolute atomic E-state index is 12.4. The molecule has 1 aromatic heterocycles. The van der Waals surface area contributed by atoms with Crippen molar-refractivity contribution in [1.82, 2.24) is 4.98 Å². The van der Waals surface area contributed by atoms with Gasteiger partial charge in [-0.1, -0.05) is 35.9 Å². The Bertz CT molecular complexity index is 1410. The molecule has 0 amide bonds. The summed E-state index contributed by atoms with van der Waals surface area (Å²) in [5.74, 6) is 1.65. The zero-order chi connectivity index (χ0) is 27.5. The Morgan fingerprint density at radius 1 is 0.795 bits per heavy atom. The number of methoxy groups -OCH3 is 1. The molecule has 0 saturated heterocycles. The van der Waals surface area contributed by atoms with Gasteiger partial charge in [0.25, 0.3) is 0 Å². The standard InChI is InChI=1S/C32H29NO6/c1-23-4-6-24(7-5-23)8-17-30(34)25-9-11-28(12-10-25)37-20-3-21-38-32(35)26-18-19-33-31(22-26)39-29-15-13-27(36-2)14-16-29/h4-19,22H,3,20-21H2,1-2H3/b17-8+. The van der Waals surface area contributed by atoms with Crippen molar-refractivity contribution in [2.24, 2.45) is 0 Å². The van der Waals surface area contributed by atoms with Crippen LogP contribution in [0.5, 0.6) is 23.1 Å². The van der Waals surface area contributed by atoms with Crippen molar-refractivity contribution in [2.45, 2.75) is 13.3 Å².